The van der Waals surface area contributed by atoms with E-state index in [2.05, 4.69) is 11.9 Å². The van der Waals surface area contributed by atoms with Gasteiger partial charge < -0.3 is 5.11 Å². The van der Waals surface area contributed by atoms with Crippen LogP contribution >= 0.6 is 0 Å². The van der Waals surface area contributed by atoms with E-state index in [0.717, 1.165) is 23.3 Å². The SMILES string of the molecule is CCc1[nH]c2ccccc2[n+]1CCC(=O)O. The smallest absolute Gasteiger partial charge is 0.307 e. The van der Waals surface area contributed by atoms with Gasteiger partial charge in [-0.05, 0) is 12.1 Å². The second-order valence-corrected chi connectivity index (χ2v) is 3.74. The molecule has 2 N–H and O–H groups in total. The molecule has 4 heteroatoms. The Morgan fingerprint density at radius 1 is 1.44 bits per heavy atom. The van der Waals surface area contributed by atoms with Gasteiger partial charge in [-0.2, -0.15) is 0 Å². The lowest BCUT2D eigenvalue weighted by Crippen LogP contribution is -2.37. The molecule has 0 aliphatic rings. The van der Waals surface area contributed by atoms with Crippen LogP contribution in [0, 0.1) is 0 Å². The van der Waals surface area contributed by atoms with Crippen LogP contribution in [-0.2, 0) is 17.8 Å². The molecule has 2 aromatic rings. The summed E-state index contributed by atoms with van der Waals surface area (Å²) in [6.07, 6.45) is 1.02. The van der Waals surface area contributed by atoms with Crippen molar-refractivity contribution in [3.63, 3.8) is 0 Å². The molecule has 0 radical (unpaired) electrons. The van der Waals surface area contributed by atoms with Gasteiger partial charge in [-0.1, -0.05) is 19.1 Å². The number of aromatic amines is 1. The molecular formula is C12H15N2O2+. The van der Waals surface area contributed by atoms with Crippen LogP contribution in [0.5, 0.6) is 0 Å². The molecule has 0 bridgehead atoms. The molecule has 0 aliphatic heterocycles. The van der Waals surface area contributed by atoms with E-state index in [9.17, 15) is 4.79 Å². The predicted molar refractivity (Wildman–Crippen MR) is 60.1 cm³/mol. The Morgan fingerprint density at radius 3 is 2.88 bits per heavy atom. The first-order chi connectivity index (χ1) is 7.72. The summed E-state index contributed by atoms with van der Waals surface area (Å²) in [7, 11) is 0. The maximum atomic E-state index is 10.6. The minimum Gasteiger partial charge on any atom is -0.481 e. The van der Waals surface area contributed by atoms with E-state index in [4.69, 9.17) is 5.11 Å². The minimum absolute atomic E-state index is 0.152. The van der Waals surface area contributed by atoms with Crippen LogP contribution in [0.4, 0.5) is 0 Å². The number of carboxylic acid groups (broad SMARTS) is 1. The summed E-state index contributed by atoms with van der Waals surface area (Å²) in [6, 6.07) is 7.95. The minimum atomic E-state index is -0.764. The van der Waals surface area contributed by atoms with E-state index in [1.807, 2.05) is 28.8 Å². The van der Waals surface area contributed by atoms with Crippen LogP contribution < -0.4 is 4.57 Å². The first-order valence-electron chi connectivity index (χ1n) is 5.43. The summed E-state index contributed by atoms with van der Waals surface area (Å²) in [6.45, 7) is 2.57. The van der Waals surface area contributed by atoms with Crippen molar-refractivity contribution < 1.29 is 14.5 Å². The Hall–Kier alpha value is -1.84. The fourth-order valence-corrected chi connectivity index (χ4v) is 1.93. The van der Waals surface area contributed by atoms with Crippen molar-refractivity contribution in [1.82, 2.24) is 4.98 Å². The van der Waals surface area contributed by atoms with Gasteiger partial charge in [0.25, 0.3) is 5.82 Å². The summed E-state index contributed by atoms with van der Waals surface area (Å²) >= 11 is 0. The van der Waals surface area contributed by atoms with Gasteiger partial charge in [0.2, 0.25) is 0 Å². The molecule has 1 aromatic carbocycles. The molecule has 0 spiro atoms. The fraction of sp³-hybridized carbons (Fsp3) is 0.333. The topological polar surface area (TPSA) is 57.0 Å². The zero-order valence-corrected chi connectivity index (χ0v) is 9.23. The molecule has 4 nitrogen and oxygen atoms in total. The lowest BCUT2D eigenvalue weighted by molar-refractivity contribution is -0.677. The Bertz CT molecular complexity index is 517. The number of fused-ring (bicyclic) bond motifs is 1. The van der Waals surface area contributed by atoms with Crippen LogP contribution in [0.1, 0.15) is 19.2 Å². The quantitative estimate of drug-likeness (QED) is 0.765. The van der Waals surface area contributed by atoms with Crippen molar-refractivity contribution >= 4 is 17.0 Å². The fourth-order valence-electron chi connectivity index (χ4n) is 1.93. The third-order valence-electron chi connectivity index (χ3n) is 2.68. The van der Waals surface area contributed by atoms with Gasteiger partial charge in [0.05, 0.1) is 6.42 Å². The number of carbonyl (C=O) groups is 1. The van der Waals surface area contributed by atoms with E-state index < -0.39 is 5.97 Å². The number of para-hydroxylation sites is 2. The third kappa shape index (κ3) is 1.91. The summed E-state index contributed by atoms with van der Waals surface area (Å²) < 4.78 is 2.05. The highest BCUT2D eigenvalue weighted by molar-refractivity contribution is 5.71. The highest BCUT2D eigenvalue weighted by atomic mass is 16.4. The standard InChI is InChI=1S/C12H14N2O2/c1-2-11-13-9-5-3-4-6-10(9)14(11)8-7-12(15)16/h3-6H,2,7-8H2,1H3,(H,15,16)/p+1. The van der Waals surface area contributed by atoms with E-state index in [-0.39, 0.29) is 6.42 Å². The van der Waals surface area contributed by atoms with Crippen LogP contribution in [0.3, 0.4) is 0 Å². The number of rotatable bonds is 4. The van der Waals surface area contributed by atoms with Crippen LogP contribution in [0.2, 0.25) is 0 Å². The van der Waals surface area contributed by atoms with Gasteiger partial charge >= 0.3 is 5.97 Å². The lowest BCUT2D eigenvalue weighted by Gasteiger charge is -1.97. The first-order valence-corrected chi connectivity index (χ1v) is 5.43. The van der Waals surface area contributed by atoms with Crippen molar-refractivity contribution in [1.29, 1.82) is 0 Å². The highest BCUT2D eigenvalue weighted by Crippen LogP contribution is 2.09. The molecule has 2 rings (SSSR count). The van der Waals surface area contributed by atoms with Gasteiger partial charge in [0.15, 0.2) is 11.0 Å². The van der Waals surface area contributed by atoms with E-state index in [1.165, 1.54) is 0 Å². The number of H-pyrrole nitrogens is 1. The number of aromatic nitrogens is 2. The monoisotopic (exact) mass is 219 g/mol. The average Bonchev–Trinajstić information content (AvgIpc) is 2.64. The molecule has 0 saturated heterocycles. The van der Waals surface area contributed by atoms with E-state index in [0.29, 0.717) is 6.54 Å². The van der Waals surface area contributed by atoms with Gasteiger partial charge in [-0.25, -0.2) is 9.55 Å². The number of hydrogen-bond donors (Lipinski definition) is 2. The summed E-state index contributed by atoms with van der Waals surface area (Å²) in [4.78, 5) is 13.9. The van der Waals surface area contributed by atoms with Crippen molar-refractivity contribution in [3.8, 4) is 0 Å². The molecule has 0 aliphatic carbocycles. The summed E-state index contributed by atoms with van der Waals surface area (Å²) in [5.74, 6) is 0.308. The zero-order chi connectivity index (χ0) is 11.5. The van der Waals surface area contributed by atoms with Crippen molar-refractivity contribution in [2.45, 2.75) is 26.3 Å². The highest BCUT2D eigenvalue weighted by Gasteiger charge is 2.16. The number of imidazole rings is 1. The Morgan fingerprint density at radius 2 is 2.19 bits per heavy atom. The van der Waals surface area contributed by atoms with Crippen molar-refractivity contribution in [2.24, 2.45) is 0 Å². The number of hydrogen-bond acceptors (Lipinski definition) is 1. The molecule has 1 aromatic heterocycles. The zero-order valence-electron chi connectivity index (χ0n) is 9.23. The van der Waals surface area contributed by atoms with E-state index >= 15 is 0 Å². The number of carboxylic acids is 1. The predicted octanol–water partition coefficient (Wildman–Crippen LogP) is 1.49. The van der Waals surface area contributed by atoms with Gasteiger partial charge in [-0.15, -0.1) is 0 Å². The summed E-state index contributed by atoms with van der Waals surface area (Å²) in [5, 5.41) is 8.72. The lowest BCUT2D eigenvalue weighted by atomic mass is 10.3. The number of benzene rings is 1. The molecule has 0 fully saturated rings. The third-order valence-corrected chi connectivity index (χ3v) is 2.68. The second-order valence-electron chi connectivity index (χ2n) is 3.74. The molecule has 0 amide bonds. The molecule has 0 unspecified atom stereocenters. The molecule has 84 valence electrons. The first kappa shape index (κ1) is 10.7. The number of nitrogens with zero attached hydrogens (tertiary/aromatic N) is 1. The second kappa shape index (κ2) is 4.35. The van der Waals surface area contributed by atoms with Crippen molar-refractivity contribution in [2.75, 3.05) is 0 Å². The van der Waals surface area contributed by atoms with Gasteiger partial charge in [0, 0.05) is 6.42 Å². The van der Waals surface area contributed by atoms with Crippen LogP contribution in [-0.4, -0.2) is 16.1 Å². The Balaban J connectivity index is 2.43. The number of aryl methyl sites for hydroxylation is 2. The molecular weight excluding hydrogens is 204 g/mol. The number of aliphatic carboxylic acids is 1. The van der Waals surface area contributed by atoms with E-state index in [1.54, 1.807) is 0 Å². The van der Waals surface area contributed by atoms with Crippen molar-refractivity contribution in [3.05, 3.63) is 30.1 Å². The molecule has 0 saturated carbocycles. The van der Waals surface area contributed by atoms with Crippen LogP contribution in [0.25, 0.3) is 11.0 Å². The maximum Gasteiger partial charge on any atom is 0.307 e. The largest absolute Gasteiger partial charge is 0.481 e. The summed E-state index contributed by atoms with van der Waals surface area (Å²) in [5.41, 5.74) is 2.13. The average molecular weight is 219 g/mol. The van der Waals surface area contributed by atoms with Gasteiger partial charge in [-0.3, -0.25) is 4.79 Å². The number of nitrogens with one attached hydrogen (secondary N) is 1. The maximum absolute atomic E-state index is 10.6. The molecule has 16 heavy (non-hydrogen) atoms. The van der Waals surface area contributed by atoms with Gasteiger partial charge in [0.1, 0.15) is 6.54 Å². The molecule has 1 heterocycles. The van der Waals surface area contributed by atoms with Crippen LogP contribution in [0.15, 0.2) is 24.3 Å². The normalized spacial score (nSPS) is 10.8. The Labute approximate surface area is 93.5 Å². The Kier molecular flexibility index (Phi) is 2.90. The molecule has 0 atom stereocenters.